The standard InChI is InChI=1S/C20H24.C12H4N4/c1-9-10(2)14(6)18-17(13(9)5)19-15(7)11(3)12(4)16(8)20(18)19;13-5-11(6-14)9-1-2-10(4-3-9)12(7-15)8-16/h1-8H3;1-4H. The van der Waals surface area contributed by atoms with E-state index in [1.54, 1.807) is 24.3 Å². The fourth-order valence-corrected chi connectivity index (χ4v) is 4.92. The van der Waals surface area contributed by atoms with E-state index in [9.17, 15) is 0 Å². The molecule has 1 aliphatic carbocycles. The van der Waals surface area contributed by atoms with E-state index in [1.165, 1.54) is 91.0 Å². The third-order valence-corrected chi connectivity index (χ3v) is 7.78. The maximum absolute atomic E-state index is 8.63. The molecule has 3 aromatic rings. The molecule has 4 heteroatoms. The number of benzene rings is 3. The minimum Gasteiger partial charge on any atom is -0.192 e. The first-order valence-corrected chi connectivity index (χ1v) is 11.7. The van der Waals surface area contributed by atoms with Crippen LogP contribution in [0.4, 0.5) is 0 Å². The third-order valence-electron chi connectivity index (χ3n) is 7.78. The van der Waals surface area contributed by atoms with Gasteiger partial charge in [-0.1, -0.05) is 24.3 Å². The first kappa shape index (κ1) is 26.0. The Hall–Kier alpha value is -4.64. The van der Waals surface area contributed by atoms with Crippen molar-refractivity contribution in [2.45, 2.75) is 55.4 Å². The van der Waals surface area contributed by atoms with Crippen LogP contribution >= 0.6 is 0 Å². The molecule has 0 amide bonds. The predicted molar refractivity (Wildman–Crippen MR) is 144 cm³/mol. The molecule has 0 unspecified atom stereocenters. The van der Waals surface area contributed by atoms with Gasteiger partial charge >= 0.3 is 0 Å². The van der Waals surface area contributed by atoms with Gasteiger partial charge in [-0.2, -0.15) is 21.0 Å². The second-order valence-electron chi connectivity index (χ2n) is 9.27. The zero-order valence-corrected chi connectivity index (χ0v) is 22.1. The zero-order valence-electron chi connectivity index (χ0n) is 22.1. The van der Waals surface area contributed by atoms with E-state index in [1.807, 2.05) is 0 Å². The van der Waals surface area contributed by atoms with Crippen molar-refractivity contribution in [1.29, 1.82) is 21.0 Å². The first-order valence-electron chi connectivity index (χ1n) is 11.7. The predicted octanol–water partition coefficient (Wildman–Crippen LogP) is 5.88. The molecule has 0 aliphatic heterocycles. The Morgan fingerprint density at radius 1 is 0.389 bits per heavy atom. The number of hydrogen-bond donors (Lipinski definition) is 0. The van der Waals surface area contributed by atoms with Crippen LogP contribution in [0.5, 0.6) is 0 Å². The van der Waals surface area contributed by atoms with Crippen molar-refractivity contribution >= 4 is 11.1 Å². The van der Waals surface area contributed by atoms with Crippen molar-refractivity contribution in [3.8, 4) is 46.5 Å². The van der Waals surface area contributed by atoms with Crippen molar-refractivity contribution in [3.05, 3.63) is 79.2 Å². The highest BCUT2D eigenvalue weighted by atomic mass is 14.4. The Morgan fingerprint density at radius 3 is 0.750 bits per heavy atom. The average molecular weight is 469 g/mol. The largest absolute Gasteiger partial charge is 0.192 e. The SMILES string of the molecule is Cc1c(C)c(C)c2c(c1C)-c1c(C)c(C)c(C)c(C)c1-2.N#CC(C#N)=c1ccc(=C(C#N)C#N)cc1. The van der Waals surface area contributed by atoms with Crippen molar-refractivity contribution in [3.63, 3.8) is 0 Å². The van der Waals surface area contributed by atoms with Crippen LogP contribution < -0.4 is 10.4 Å². The Balaban J connectivity index is 0.000000207. The van der Waals surface area contributed by atoms with Crippen molar-refractivity contribution < 1.29 is 0 Å². The summed E-state index contributed by atoms with van der Waals surface area (Å²) in [7, 11) is 0. The summed E-state index contributed by atoms with van der Waals surface area (Å²) in [5.41, 5.74) is 17.8. The summed E-state index contributed by atoms with van der Waals surface area (Å²) < 4.78 is 0. The first-order chi connectivity index (χ1) is 17.0. The monoisotopic (exact) mass is 468 g/mol. The number of fused-ring (bicyclic) bond motifs is 4. The molecule has 0 spiro atoms. The summed E-state index contributed by atoms with van der Waals surface area (Å²) in [4.78, 5) is 0. The van der Waals surface area contributed by atoms with Crippen LogP contribution in [0, 0.1) is 101 Å². The second kappa shape index (κ2) is 9.92. The molecule has 0 saturated carbocycles. The maximum Gasteiger partial charge on any atom is 0.136 e. The van der Waals surface area contributed by atoms with E-state index in [0.29, 0.717) is 10.4 Å². The van der Waals surface area contributed by atoms with Gasteiger partial charge in [0.1, 0.15) is 35.4 Å². The molecule has 0 heterocycles. The molecule has 36 heavy (non-hydrogen) atoms. The van der Waals surface area contributed by atoms with Gasteiger partial charge in [-0.15, -0.1) is 0 Å². The van der Waals surface area contributed by atoms with Crippen LogP contribution in [0.2, 0.25) is 0 Å². The van der Waals surface area contributed by atoms with E-state index >= 15 is 0 Å². The highest BCUT2D eigenvalue weighted by molar-refractivity contribution is 6.09. The second-order valence-corrected chi connectivity index (χ2v) is 9.27. The lowest BCUT2D eigenvalue weighted by molar-refractivity contribution is 1.16. The summed E-state index contributed by atoms with van der Waals surface area (Å²) >= 11 is 0. The molecular formula is C32H28N4. The molecule has 4 rings (SSSR count). The number of hydrogen-bond acceptors (Lipinski definition) is 4. The maximum atomic E-state index is 8.63. The molecule has 0 bridgehead atoms. The molecule has 3 aromatic carbocycles. The molecule has 0 fully saturated rings. The fraction of sp³-hybridized carbons (Fsp3) is 0.250. The molecule has 176 valence electrons. The van der Waals surface area contributed by atoms with Crippen LogP contribution in [0.1, 0.15) is 44.5 Å². The van der Waals surface area contributed by atoms with Gasteiger partial charge in [0.05, 0.1) is 0 Å². The third kappa shape index (κ3) is 3.95. The van der Waals surface area contributed by atoms with Crippen molar-refractivity contribution in [2.75, 3.05) is 0 Å². The van der Waals surface area contributed by atoms with Crippen LogP contribution in [0.25, 0.3) is 33.4 Å². The molecule has 0 atom stereocenters. The molecule has 0 aromatic heterocycles. The molecule has 4 nitrogen and oxygen atoms in total. The van der Waals surface area contributed by atoms with Crippen LogP contribution in [-0.2, 0) is 0 Å². The minimum atomic E-state index is 0.00187. The topological polar surface area (TPSA) is 95.2 Å². The van der Waals surface area contributed by atoms with Gasteiger partial charge in [-0.25, -0.2) is 0 Å². The number of nitrogens with zero attached hydrogens (tertiary/aromatic N) is 4. The van der Waals surface area contributed by atoms with E-state index in [-0.39, 0.29) is 11.1 Å². The van der Waals surface area contributed by atoms with Gasteiger partial charge in [0.15, 0.2) is 0 Å². The number of rotatable bonds is 0. The fourth-order valence-electron chi connectivity index (χ4n) is 4.92. The van der Waals surface area contributed by atoms with E-state index in [2.05, 4.69) is 55.4 Å². The Labute approximate surface area is 213 Å². The van der Waals surface area contributed by atoms with E-state index in [4.69, 9.17) is 21.0 Å². The lowest BCUT2D eigenvalue weighted by atomic mass is 9.68. The lowest BCUT2D eigenvalue weighted by Crippen LogP contribution is -2.13. The van der Waals surface area contributed by atoms with Gasteiger partial charge in [0.25, 0.3) is 0 Å². The summed E-state index contributed by atoms with van der Waals surface area (Å²) in [6, 6.07) is 13.2. The van der Waals surface area contributed by atoms with Gasteiger partial charge in [-0.3, -0.25) is 0 Å². The molecular weight excluding hydrogens is 440 g/mol. The zero-order chi connectivity index (χ0) is 26.9. The van der Waals surface area contributed by atoms with Crippen LogP contribution in [-0.4, -0.2) is 0 Å². The summed E-state index contributed by atoms with van der Waals surface area (Å²) in [6.07, 6.45) is 0. The van der Waals surface area contributed by atoms with Crippen molar-refractivity contribution in [2.24, 2.45) is 0 Å². The van der Waals surface area contributed by atoms with Gasteiger partial charge in [0, 0.05) is 10.4 Å². The Kier molecular flexibility index (Phi) is 7.16. The summed E-state index contributed by atoms with van der Waals surface area (Å²) in [5.74, 6) is 0. The van der Waals surface area contributed by atoms with E-state index in [0.717, 1.165) is 0 Å². The van der Waals surface area contributed by atoms with Gasteiger partial charge in [0.2, 0.25) is 0 Å². The molecule has 0 N–H and O–H groups in total. The quantitative estimate of drug-likeness (QED) is 0.322. The van der Waals surface area contributed by atoms with Gasteiger partial charge in [-0.05, 0) is 122 Å². The normalized spacial score (nSPS) is 10.1. The summed E-state index contributed by atoms with van der Waals surface area (Å²) in [5, 5.41) is 35.5. The Morgan fingerprint density at radius 2 is 0.583 bits per heavy atom. The van der Waals surface area contributed by atoms with E-state index < -0.39 is 0 Å². The minimum absolute atomic E-state index is 0.00187. The highest BCUT2D eigenvalue weighted by Gasteiger charge is 2.32. The summed E-state index contributed by atoms with van der Waals surface area (Å²) in [6.45, 7) is 18.2. The van der Waals surface area contributed by atoms with Crippen LogP contribution in [0.3, 0.4) is 0 Å². The lowest BCUT2D eigenvalue weighted by Gasteiger charge is -2.35. The molecule has 0 saturated heterocycles. The highest BCUT2D eigenvalue weighted by Crippen LogP contribution is 2.56. The average Bonchev–Trinajstić information content (AvgIpc) is 2.87. The smallest absolute Gasteiger partial charge is 0.136 e. The molecule has 1 aliphatic rings. The number of nitriles is 4. The molecule has 0 radical (unpaired) electrons. The van der Waals surface area contributed by atoms with Crippen molar-refractivity contribution in [1.82, 2.24) is 0 Å². The van der Waals surface area contributed by atoms with Crippen LogP contribution in [0.15, 0.2) is 24.3 Å². The Bertz CT molecular complexity index is 1470. The van der Waals surface area contributed by atoms with Gasteiger partial charge < -0.3 is 0 Å².